The van der Waals surface area contributed by atoms with Crippen molar-refractivity contribution in [1.82, 2.24) is 24.8 Å². The van der Waals surface area contributed by atoms with E-state index in [-0.39, 0.29) is 12.5 Å². The molecule has 35 heavy (non-hydrogen) atoms. The van der Waals surface area contributed by atoms with Crippen LogP contribution < -0.4 is 10.1 Å². The molecule has 5 aromatic rings. The van der Waals surface area contributed by atoms with Gasteiger partial charge >= 0.3 is 0 Å². The molecule has 0 saturated carbocycles. The third kappa shape index (κ3) is 4.72. The number of benzene rings is 2. The number of hydrogen-bond donors (Lipinski definition) is 1. The van der Waals surface area contributed by atoms with E-state index in [9.17, 15) is 4.79 Å². The molecule has 1 N–H and O–H groups in total. The van der Waals surface area contributed by atoms with Crippen molar-refractivity contribution in [3.63, 3.8) is 0 Å². The summed E-state index contributed by atoms with van der Waals surface area (Å²) in [6, 6.07) is 20.9. The molecule has 1 amide bonds. The average molecular weight is 465 g/mol. The highest BCUT2D eigenvalue weighted by atomic mass is 16.5. The van der Waals surface area contributed by atoms with Gasteiger partial charge < -0.3 is 10.1 Å². The van der Waals surface area contributed by atoms with E-state index in [4.69, 9.17) is 9.84 Å². The Bertz CT molecular complexity index is 1500. The smallest absolute Gasteiger partial charge is 0.262 e. The Labute approximate surface area is 202 Å². The fraction of sp³-hybridized carbons (Fsp3) is 0.148. The number of hydrogen-bond acceptors (Lipinski definition) is 6. The van der Waals surface area contributed by atoms with Gasteiger partial charge in [-0.1, -0.05) is 35.9 Å². The summed E-state index contributed by atoms with van der Waals surface area (Å²) in [5.74, 6) is 1.07. The van der Waals surface area contributed by atoms with Gasteiger partial charge in [-0.25, -0.2) is 0 Å². The van der Waals surface area contributed by atoms with E-state index in [0.29, 0.717) is 28.5 Å². The first-order valence-electron chi connectivity index (χ1n) is 11.2. The number of ether oxygens (including phenoxy) is 1. The maximum atomic E-state index is 12.6. The molecular weight excluding hydrogens is 440 g/mol. The summed E-state index contributed by atoms with van der Waals surface area (Å²) >= 11 is 0. The first kappa shape index (κ1) is 22.2. The Morgan fingerprint density at radius 1 is 0.914 bits per heavy atom. The van der Waals surface area contributed by atoms with Crippen molar-refractivity contribution in [1.29, 1.82) is 0 Å². The van der Waals surface area contributed by atoms with Gasteiger partial charge in [0.1, 0.15) is 11.4 Å². The number of carbonyl (C=O) groups is 1. The lowest BCUT2D eigenvalue weighted by molar-refractivity contribution is -0.118. The van der Waals surface area contributed by atoms with Crippen molar-refractivity contribution < 1.29 is 9.53 Å². The number of carbonyl (C=O) groups excluding carboxylic acids is 1. The van der Waals surface area contributed by atoms with Crippen molar-refractivity contribution in [2.45, 2.75) is 20.8 Å². The molecular formula is C27H24N6O2. The third-order valence-electron chi connectivity index (χ3n) is 5.55. The molecule has 0 atom stereocenters. The molecule has 0 unspecified atom stereocenters. The predicted molar refractivity (Wildman–Crippen MR) is 134 cm³/mol. The Hall–Kier alpha value is -4.59. The Morgan fingerprint density at radius 3 is 2.51 bits per heavy atom. The number of fused-ring (bicyclic) bond motifs is 1. The maximum absolute atomic E-state index is 12.6. The molecule has 0 radical (unpaired) electrons. The molecule has 0 bridgehead atoms. The van der Waals surface area contributed by atoms with Gasteiger partial charge in [0.2, 0.25) is 5.82 Å². The van der Waals surface area contributed by atoms with Gasteiger partial charge in [-0.05, 0) is 68.3 Å². The summed E-state index contributed by atoms with van der Waals surface area (Å²) < 4.78 is 7.49. The van der Waals surface area contributed by atoms with E-state index >= 15 is 0 Å². The van der Waals surface area contributed by atoms with Crippen LogP contribution in [0.1, 0.15) is 16.7 Å². The largest absolute Gasteiger partial charge is 0.483 e. The second kappa shape index (κ2) is 9.34. The van der Waals surface area contributed by atoms with E-state index in [1.807, 2.05) is 87.5 Å². The number of aryl methyl sites for hydroxylation is 3. The van der Waals surface area contributed by atoms with Crippen LogP contribution in [-0.4, -0.2) is 37.3 Å². The van der Waals surface area contributed by atoms with Crippen LogP contribution in [0.3, 0.4) is 0 Å². The van der Waals surface area contributed by atoms with Crippen LogP contribution in [0.15, 0.2) is 72.9 Å². The van der Waals surface area contributed by atoms with Crippen molar-refractivity contribution >= 4 is 17.2 Å². The molecule has 2 aromatic carbocycles. The second-order valence-corrected chi connectivity index (χ2v) is 8.37. The van der Waals surface area contributed by atoms with Gasteiger partial charge in [-0.3, -0.25) is 9.78 Å². The lowest BCUT2D eigenvalue weighted by Gasteiger charge is -2.13. The van der Waals surface area contributed by atoms with Gasteiger partial charge in [-0.15, -0.1) is 10.2 Å². The van der Waals surface area contributed by atoms with E-state index in [1.54, 1.807) is 10.7 Å². The molecule has 3 heterocycles. The molecule has 0 aliphatic carbocycles. The van der Waals surface area contributed by atoms with Crippen molar-refractivity contribution in [2.24, 2.45) is 0 Å². The van der Waals surface area contributed by atoms with E-state index in [0.717, 1.165) is 22.4 Å². The van der Waals surface area contributed by atoms with Gasteiger partial charge in [0, 0.05) is 17.4 Å². The summed E-state index contributed by atoms with van der Waals surface area (Å²) in [7, 11) is 0. The van der Waals surface area contributed by atoms with Crippen LogP contribution in [0.4, 0.5) is 5.69 Å². The fourth-order valence-electron chi connectivity index (χ4n) is 4.08. The number of amides is 1. The van der Waals surface area contributed by atoms with Gasteiger partial charge in [0.15, 0.2) is 12.3 Å². The first-order chi connectivity index (χ1) is 17.0. The van der Waals surface area contributed by atoms with Crippen molar-refractivity contribution in [3.05, 3.63) is 89.6 Å². The minimum absolute atomic E-state index is 0.0761. The molecule has 8 nitrogen and oxygen atoms in total. The molecule has 8 heteroatoms. The molecule has 0 aliphatic heterocycles. The van der Waals surface area contributed by atoms with Crippen LogP contribution in [0, 0.1) is 20.8 Å². The molecule has 0 aliphatic rings. The lowest BCUT2D eigenvalue weighted by Crippen LogP contribution is -2.20. The monoisotopic (exact) mass is 464 g/mol. The Morgan fingerprint density at radius 2 is 1.74 bits per heavy atom. The summed E-state index contributed by atoms with van der Waals surface area (Å²) in [6.45, 7) is 5.93. The standard InChI is InChI=1S/C27H24N6O2/c1-17-13-18(2)26(19(3)14-17)35-16-25(34)29-21-8-6-7-20(15-21)22-10-11-24-30-31-27(33(24)32-22)23-9-4-5-12-28-23/h4-15H,16H2,1-3H3,(H,29,34). The highest BCUT2D eigenvalue weighted by Crippen LogP contribution is 2.25. The van der Waals surface area contributed by atoms with Crippen LogP contribution in [0.5, 0.6) is 5.75 Å². The topological polar surface area (TPSA) is 94.3 Å². The molecule has 3 aromatic heterocycles. The predicted octanol–water partition coefficient (Wildman–Crippen LogP) is 4.80. The minimum atomic E-state index is -0.235. The normalized spacial score (nSPS) is 10.9. The number of aromatic nitrogens is 5. The molecule has 5 rings (SSSR count). The molecule has 0 saturated heterocycles. The highest BCUT2D eigenvalue weighted by molar-refractivity contribution is 5.92. The Kier molecular flexibility index (Phi) is 5.93. The first-order valence-corrected chi connectivity index (χ1v) is 11.2. The molecule has 0 spiro atoms. The Balaban J connectivity index is 1.34. The minimum Gasteiger partial charge on any atom is -0.483 e. The van der Waals surface area contributed by atoms with Gasteiger partial charge in [-0.2, -0.15) is 9.61 Å². The number of anilines is 1. The van der Waals surface area contributed by atoms with Gasteiger partial charge in [0.05, 0.1) is 5.69 Å². The van der Waals surface area contributed by atoms with Crippen LogP contribution in [0.2, 0.25) is 0 Å². The number of pyridine rings is 1. The van der Waals surface area contributed by atoms with Crippen molar-refractivity contribution in [2.75, 3.05) is 11.9 Å². The highest BCUT2D eigenvalue weighted by Gasteiger charge is 2.13. The van der Waals surface area contributed by atoms with Crippen LogP contribution >= 0.6 is 0 Å². The maximum Gasteiger partial charge on any atom is 0.262 e. The zero-order chi connectivity index (χ0) is 24.4. The van der Waals surface area contributed by atoms with E-state index in [1.165, 1.54) is 5.56 Å². The van der Waals surface area contributed by atoms with Crippen LogP contribution in [0.25, 0.3) is 28.4 Å². The van der Waals surface area contributed by atoms with E-state index < -0.39 is 0 Å². The van der Waals surface area contributed by atoms with Gasteiger partial charge in [0.25, 0.3) is 5.91 Å². The third-order valence-corrected chi connectivity index (χ3v) is 5.55. The summed E-state index contributed by atoms with van der Waals surface area (Å²) in [5.41, 5.74) is 6.71. The fourth-order valence-corrected chi connectivity index (χ4v) is 4.08. The van der Waals surface area contributed by atoms with E-state index in [2.05, 4.69) is 20.5 Å². The second-order valence-electron chi connectivity index (χ2n) is 8.37. The number of nitrogens with zero attached hydrogens (tertiary/aromatic N) is 5. The quantitative estimate of drug-likeness (QED) is 0.388. The van der Waals surface area contributed by atoms with Crippen LogP contribution in [-0.2, 0) is 4.79 Å². The summed E-state index contributed by atoms with van der Waals surface area (Å²) in [5, 5.41) is 16.1. The van der Waals surface area contributed by atoms with Crippen molar-refractivity contribution in [3.8, 4) is 28.5 Å². The average Bonchev–Trinajstić information content (AvgIpc) is 3.27. The summed E-state index contributed by atoms with van der Waals surface area (Å²) in [6.07, 6.45) is 1.71. The zero-order valence-electron chi connectivity index (χ0n) is 19.7. The lowest BCUT2D eigenvalue weighted by atomic mass is 10.1. The SMILES string of the molecule is Cc1cc(C)c(OCC(=O)Nc2cccc(-c3ccc4nnc(-c5ccccn5)n4n3)c2)c(C)c1. The zero-order valence-corrected chi connectivity index (χ0v) is 19.7. The number of rotatable bonds is 6. The number of nitrogens with one attached hydrogen (secondary N) is 1. The summed E-state index contributed by atoms with van der Waals surface area (Å²) in [4.78, 5) is 16.9. The molecule has 174 valence electrons. The molecule has 0 fully saturated rings.